The molecule has 0 aliphatic carbocycles. The summed E-state index contributed by atoms with van der Waals surface area (Å²) in [6.07, 6.45) is 1.31. The first-order valence-electron chi connectivity index (χ1n) is 6.33. The monoisotopic (exact) mass is 248 g/mol. The molecule has 1 unspecified atom stereocenters. The van der Waals surface area contributed by atoms with Crippen LogP contribution in [0.1, 0.15) is 17.5 Å². The Kier molecular flexibility index (Phi) is 4.66. The summed E-state index contributed by atoms with van der Waals surface area (Å²) < 4.78 is 0. The molecule has 3 N–H and O–H groups in total. The fourth-order valence-corrected chi connectivity index (χ4v) is 2.36. The van der Waals surface area contributed by atoms with Crippen LogP contribution in [-0.2, 0) is 13.0 Å². The van der Waals surface area contributed by atoms with Crippen LogP contribution in [0.25, 0.3) is 0 Å². The van der Waals surface area contributed by atoms with Gasteiger partial charge in [0.25, 0.3) is 0 Å². The molecule has 1 atom stereocenters. The second-order valence-electron chi connectivity index (χ2n) is 4.68. The van der Waals surface area contributed by atoms with Gasteiger partial charge in [-0.25, -0.2) is 0 Å². The van der Waals surface area contributed by atoms with Crippen molar-refractivity contribution >= 4 is 0 Å². The van der Waals surface area contributed by atoms with Gasteiger partial charge in [0.15, 0.2) is 0 Å². The Bertz CT molecular complexity index is 408. The SMILES string of the molecule is NN=NCCC(O)CN1CCc2ccccc2C1. The minimum absolute atomic E-state index is 0.360. The van der Waals surface area contributed by atoms with Crippen molar-refractivity contribution in [3.63, 3.8) is 0 Å². The number of aliphatic hydroxyl groups excluding tert-OH is 1. The van der Waals surface area contributed by atoms with E-state index >= 15 is 0 Å². The van der Waals surface area contributed by atoms with Crippen molar-refractivity contribution < 1.29 is 5.11 Å². The lowest BCUT2D eigenvalue weighted by Crippen LogP contribution is -2.36. The summed E-state index contributed by atoms with van der Waals surface area (Å²) in [4.78, 5) is 2.28. The van der Waals surface area contributed by atoms with Crippen molar-refractivity contribution in [1.82, 2.24) is 4.90 Å². The van der Waals surface area contributed by atoms with Gasteiger partial charge >= 0.3 is 0 Å². The van der Waals surface area contributed by atoms with E-state index < -0.39 is 0 Å². The quantitative estimate of drug-likeness (QED) is 0.466. The number of nitrogens with two attached hydrogens (primary N) is 1. The van der Waals surface area contributed by atoms with Crippen LogP contribution >= 0.6 is 0 Å². The van der Waals surface area contributed by atoms with Crippen LogP contribution in [0.4, 0.5) is 0 Å². The number of hydrogen-bond acceptors (Lipinski definition) is 4. The van der Waals surface area contributed by atoms with Crippen molar-refractivity contribution in [3.8, 4) is 0 Å². The maximum atomic E-state index is 9.89. The van der Waals surface area contributed by atoms with Gasteiger partial charge in [-0.2, -0.15) is 5.11 Å². The minimum atomic E-state index is -0.360. The smallest absolute Gasteiger partial charge is 0.0685 e. The molecule has 1 aromatic rings. The summed E-state index contributed by atoms with van der Waals surface area (Å²) in [7, 11) is 0. The Morgan fingerprint density at radius 3 is 2.89 bits per heavy atom. The maximum Gasteiger partial charge on any atom is 0.0685 e. The zero-order valence-electron chi connectivity index (χ0n) is 10.5. The maximum absolute atomic E-state index is 9.89. The van der Waals surface area contributed by atoms with E-state index in [9.17, 15) is 5.11 Å². The molecule has 0 radical (unpaired) electrons. The number of rotatable bonds is 5. The van der Waals surface area contributed by atoms with Crippen molar-refractivity contribution in [1.29, 1.82) is 0 Å². The molecule has 18 heavy (non-hydrogen) atoms. The van der Waals surface area contributed by atoms with E-state index in [0.29, 0.717) is 19.5 Å². The minimum Gasteiger partial charge on any atom is -0.392 e. The summed E-state index contributed by atoms with van der Waals surface area (Å²) in [5.74, 6) is 4.92. The second kappa shape index (κ2) is 6.47. The number of aliphatic hydroxyl groups is 1. The van der Waals surface area contributed by atoms with Crippen molar-refractivity contribution in [2.24, 2.45) is 16.2 Å². The normalized spacial score (nSPS) is 17.8. The van der Waals surface area contributed by atoms with Gasteiger partial charge in [0.1, 0.15) is 0 Å². The molecule has 0 aromatic heterocycles. The number of nitrogens with zero attached hydrogens (tertiary/aromatic N) is 3. The van der Waals surface area contributed by atoms with E-state index in [-0.39, 0.29) is 6.10 Å². The molecule has 5 heteroatoms. The molecule has 1 aromatic carbocycles. The fraction of sp³-hybridized carbons (Fsp3) is 0.538. The van der Waals surface area contributed by atoms with E-state index in [2.05, 4.69) is 39.5 Å². The lowest BCUT2D eigenvalue weighted by atomic mass is 9.99. The first-order valence-corrected chi connectivity index (χ1v) is 6.33. The average molecular weight is 248 g/mol. The molecule has 0 fully saturated rings. The Morgan fingerprint density at radius 2 is 2.11 bits per heavy atom. The van der Waals surface area contributed by atoms with Gasteiger partial charge in [0.2, 0.25) is 0 Å². The molecule has 0 saturated heterocycles. The number of β-amino-alcohol motifs (C(OH)–C–C–N with tert-alkyl or cyclic N) is 1. The van der Waals surface area contributed by atoms with E-state index in [1.54, 1.807) is 0 Å². The van der Waals surface area contributed by atoms with E-state index in [1.165, 1.54) is 11.1 Å². The molecular formula is C13H20N4O. The van der Waals surface area contributed by atoms with Crippen LogP contribution in [0, 0.1) is 0 Å². The Hall–Kier alpha value is -1.46. The third-order valence-electron chi connectivity index (χ3n) is 3.32. The summed E-state index contributed by atoms with van der Waals surface area (Å²) in [6, 6.07) is 8.50. The highest BCUT2D eigenvalue weighted by Gasteiger charge is 2.17. The van der Waals surface area contributed by atoms with Crippen molar-refractivity contribution in [2.45, 2.75) is 25.5 Å². The van der Waals surface area contributed by atoms with Crippen LogP contribution in [0.2, 0.25) is 0 Å². The molecule has 1 heterocycles. The van der Waals surface area contributed by atoms with Gasteiger partial charge in [0.05, 0.1) is 12.6 Å². The predicted octanol–water partition coefficient (Wildman–Crippen LogP) is 1.12. The highest BCUT2D eigenvalue weighted by molar-refractivity contribution is 5.29. The lowest BCUT2D eigenvalue weighted by molar-refractivity contribution is 0.100. The first kappa shape index (κ1) is 13.0. The summed E-state index contributed by atoms with van der Waals surface area (Å²) in [6.45, 7) is 3.11. The fourth-order valence-electron chi connectivity index (χ4n) is 2.36. The summed E-state index contributed by atoms with van der Waals surface area (Å²) >= 11 is 0. The summed E-state index contributed by atoms with van der Waals surface area (Å²) in [5, 5.41) is 16.7. The highest BCUT2D eigenvalue weighted by atomic mass is 16.3. The zero-order valence-corrected chi connectivity index (χ0v) is 10.5. The zero-order chi connectivity index (χ0) is 12.8. The van der Waals surface area contributed by atoms with Crippen LogP contribution < -0.4 is 5.84 Å². The first-order chi connectivity index (χ1) is 8.79. The number of fused-ring (bicyclic) bond motifs is 1. The molecule has 5 nitrogen and oxygen atoms in total. The molecule has 0 saturated carbocycles. The topological polar surface area (TPSA) is 74.2 Å². The van der Waals surface area contributed by atoms with Gasteiger partial charge in [-0.05, 0) is 24.0 Å². The molecule has 0 bridgehead atoms. The van der Waals surface area contributed by atoms with Crippen molar-refractivity contribution in [2.75, 3.05) is 19.6 Å². The van der Waals surface area contributed by atoms with Gasteiger partial charge in [-0.15, -0.1) is 0 Å². The molecule has 2 rings (SSSR count). The lowest BCUT2D eigenvalue weighted by Gasteiger charge is -2.30. The molecule has 1 aliphatic rings. The molecule has 0 amide bonds. The third-order valence-corrected chi connectivity index (χ3v) is 3.32. The standard InChI is InChI=1S/C13H20N4O/c14-16-15-7-5-13(18)10-17-8-6-11-3-1-2-4-12(11)9-17/h1-4,13,18H,5-10H2,(H2,14,15). The highest BCUT2D eigenvalue weighted by Crippen LogP contribution is 2.18. The van der Waals surface area contributed by atoms with Gasteiger partial charge in [-0.1, -0.05) is 29.5 Å². The Morgan fingerprint density at radius 1 is 1.33 bits per heavy atom. The van der Waals surface area contributed by atoms with Gasteiger partial charge in [-0.3, -0.25) is 4.90 Å². The van der Waals surface area contributed by atoms with Crippen molar-refractivity contribution in [3.05, 3.63) is 35.4 Å². The van der Waals surface area contributed by atoms with E-state index in [1.807, 2.05) is 0 Å². The molecular weight excluding hydrogens is 228 g/mol. The van der Waals surface area contributed by atoms with Crippen LogP contribution in [0.5, 0.6) is 0 Å². The van der Waals surface area contributed by atoms with E-state index in [4.69, 9.17) is 5.84 Å². The van der Waals surface area contributed by atoms with E-state index in [0.717, 1.165) is 19.5 Å². The summed E-state index contributed by atoms with van der Waals surface area (Å²) in [5.41, 5.74) is 2.80. The van der Waals surface area contributed by atoms with Crippen LogP contribution in [-0.4, -0.2) is 35.7 Å². The second-order valence-corrected chi connectivity index (χ2v) is 4.68. The number of hydrogen-bond donors (Lipinski definition) is 2. The third kappa shape index (κ3) is 3.51. The van der Waals surface area contributed by atoms with Gasteiger partial charge < -0.3 is 10.9 Å². The Balaban J connectivity index is 1.82. The Labute approximate surface area is 107 Å². The predicted molar refractivity (Wildman–Crippen MR) is 70.0 cm³/mol. The molecule has 0 spiro atoms. The van der Waals surface area contributed by atoms with Gasteiger partial charge in [0, 0.05) is 19.6 Å². The largest absolute Gasteiger partial charge is 0.392 e. The van der Waals surface area contributed by atoms with Crippen LogP contribution in [0.15, 0.2) is 34.6 Å². The molecule has 98 valence electrons. The molecule has 1 aliphatic heterocycles. The average Bonchev–Trinajstić information content (AvgIpc) is 2.39. The number of benzene rings is 1. The van der Waals surface area contributed by atoms with Crippen LogP contribution in [0.3, 0.4) is 0 Å².